The topological polar surface area (TPSA) is 113 Å². The Morgan fingerprint density at radius 1 is 1.09 bits per heavy atom. The van der Waals surface area contributed by atoms with Gasteiger partial charge < -0.3 is 26.3 Å². The molecule has 1 aliphatic heterocycles. The third-order valence-electron chi connectivity index (χ3n) is 7.54. The molecule has 5 rings (SSSR count). The van der Waals surface area contributed by atoms with Crippen LogP contribution in [-0.2, 0) is 13.0 Å². The van der Waals surface area contributed by atoms with Crippen molar-refractivity contribution in [3.8, 4) is 0 Å². The molecule has 1 aliphatic carbocycles. The van der Waals surface area contributed by atoms with E-state index in [-0.39, 0.29) is 29.9 Å². The number of amides is 1. The maximum atomic E-state index is 13.6. The van der Waals surface area contributed by atoms with Gasteiger partial charge >= 0.3 is 0 Å². The largest absolute Gasteiger partial charge is 0.386 e. The molecule has 1 saturated carbocycles. The number of hydrogen-bond acceptors (Lipinski definition) is 4. The van der Waals surface area contributed by atoms with Crippen LogP contribution in [0.25, 0.3) is 10.8 Å². The Kier molecular flexibility index (Phi) is 6.04. The number of nitrogens with one attached hydrogen (secondary N) is 2. The van der Waals surface area contributed by atoms with Crippen LogP contribution in [0.4, 0.5) is 5.82 Å². The van der Waals surface area contributed by atoms with Gasteiger partial charge in [-0.1, -0.05) is 42.5 Å². The number of carbonyl (C=O) groups is 1. The van der Waals surface area contributed by atoms with E-state index >= 15 is 0 Å². The first-order valence-corrected chi connectivity index (χ1v) is 12.2. The number of hydrogen-bond donors (Lipinski definition) is 4. The van der Waals surface area contributed by atoms with E-state index in [9.17, 15) is 4.79 Å². The number of aromatic nitrogens is 1. The second-order valence-electron chi connectivity index (χ2n) is 9.81. The van der Waals surface area contributed by atoms with Gasteiger partial charge in [0.05, 0.1) is 12.6 Å². The minimum absolute atomic E-state index is 0.0390. The summed E-state index contributed by atoms with van der Waals surface area (Å²) < 4.78 is 2.12. The van der Waals surface area contributed by atoms with E-state index < -0.39 is 0 Å². The molecule has 2 aliphatic rings. The van der Waals surface area contributed by atoms with Gasteiger partial charge in [-0.2, -0.15) is 0 Å². The summed E-state index contributed by atoms with van der Waals surface area (Å²) >= 11 is 0. The van der Waals surface area contributed by atoms with Crippen LogP contribution in [0.5, 0.6) is 0 Å². The third-order valence-corrected chi connectivity index (χ3v) is 7.54. The summed E-state index contributed by atoms with van der Waals surface area (Å²) in [6.07, 6.45) is 5.30. The lowest BCUT2D eigenvalue weighted by Crippen LogP contribution is -2.46. The van der Waals surface area contributed by atoms with Crippen LogP contribution in [-0.4, -0.2) is 41.5 Å². The molecule has 1 fully saturated rings. The first kappa shape index (κ1) is 22.5. The number of anilines is 1. The molecule has 6 N–H and O–H groups in total. The van der Waals surface area contributed by atoms with Crippen LogP contribution in [0, 0.1) is 5.41 Å². The molecule has 1 atom stereocenters. The number of aryl methyl sites for hydroxylation is 1. The molecule has 7 nitrogen and oxygen atoms in total. The zero-order chi connectivity index (χ0) is 23.8. The standard InChI is InChI=1S/C27H34N6O/c1-32-23(25(29)30)14-9-18-15-24(26(34)31-21-12-10-20(28)11-13-21)33(27(18)32)16-19-7-4-6-17-5-2-3-8-22(17)19/h2-8,15,20-21,23H,9-14,16,28H2,1H3,(H3,29,30)(H,31,34). The molecular weight excluding hydrogens is 424 g/mol. The average Bonchev–Trinajstić information content (AvgIpc) is 3.20. The molecule has 1 aromatic heterocycles. The normalized spacial score (nSPS) is 22.4. The van der Waals surface area contributed by atoms with Crippen molar-refractivity contribution in [1.29, 1.82) is 5.41 Å². The Morgan fingerprint density at radius 3 is 2.59 bits per heavy atom. The van der Waals surface area contributed by atoms with Gasteiger partial charge in [0, 0.05) is 19.1 Å². The smallest absolute Gasteiger partial charge is 0.268 e. The molecule has 7 heteroatoms. The summed E-state index contributed by atoms with van der Waals surface area (Å²) in [5.41, 5.74) is 15.0. The number of amidine groups is 1. The third kappa shape index (κ3) is 4.16. The molecular formula is C27H34N6O. The predicted molar refractivity (Wildman–Crippen MR) is 138 cm³/mol. The lowest BCUT2D eigenvalue weighted by molar-refractivity contribution is 0.0917. The van der Waals surface area contributed by atoms with Gasteiger partial charge in [0.2, 0.25) is 0 Å². The van der Waals surface area contributed by atoms with E-state index in [1.807, 2.05) is 19.2 Å². The second-order valence-corrected chi connectivity index (χ2v) is 9.81. The first-order chi connectivity index (χ1) is 16.4. The minimum Gasteiger partial charge on any atom is -0.386 e. The van der Waals surface area contributed by atoms with Crippen LogP contribution in [0.1, 0.15) is 53.7 Å². The lowest BCUT2D eigenvalue weighted by Gasteiger charge is -2.35. The summed E-state index contributed by atoms with van der Waals surface area (Å²) in [6, 6.07) is 16.9. The fraction of sp³-hybridized carbons (Fsp3) is 0.407. The van der Waals surface area contributed by atoms with Crippen molar-refractivity contribution in [1.82, 2.24) is 9.88 Å². The molecule has 0 bridgehead atoms. The number of benzene rings is 2. The lowest BCUT2D eigenvalue weighted by atomic mass is 9.92. The molecule has 2 aromatic carbocycles. The van der Waals surface area contributed by atoms with Gasteiger partial charge in [-0.05, 0) is 66.5 Å². The van der Waals surface area contributed by atoms with Crippen molar-refractivity contribution in [2.45, 2.75) is 63.2 Å². The van der Waals surface area contributed by atoms with Gasteiger partial charge in [-0.3, -0.25) is 10.2 Å². The van der Waals surface area contributed by atoms with Crippen LogP contribution < -0.4 is 21.7 Å². The van der Waals surface area contributed by atoms with Crippen molar-refractivity contribution >= 4 is 28.3 Å². The van der Waals surface area contributed by atoms with E-state index in [0.29, 0.717) is 12.2 Å². The highest BCUT2D eigenvalue weighted by atomic mass is 16.2. The van der Waals surface area contributed by atoms with E-state index in [1.165, 1.54) is 10.8 Å². The zero-order valence-corrected chi connectivity index (χ0v) is 19.8. The van der Waals surface area contributed by atoms with Crippen molar-refractivity contribution in [3.63, 3.8) is 0 Å². The van der Waals surface area contributed by atoms with Crippen molar-refractivity contribution in [2.24, 2.45) is 11.5 Å². The number of likely N-dealkylation sites (N-methyl/N-ethyl adjacent to an activating group) is 1. The molecule has 0 radical (unpaired) electrons. The van der Waals surface area contributed by atoms with E-state index in [4.69, 9.17) is 16.9 Å². The highest BCUT2D eigenvalue weighted by molar-refractivity contribution is 5.95. The summed E-state index contributed by atoms with van der Waals surface area (Å²) in [5, 5.41) is 13.7. The fourth-order valence-electron chi connectivity index (χ4n) is 5.67. The molecule has 2 heterocycles. The highest BCUT2D eigenvalue weighted by Gasteiger charge is 2.32. The maximum absolute atomic E-state index is 13.6. The summed E-state index contributed by atoms with van der Waals surface area (Å²) in [7, 11) is 1.98. The Hall–Kier alpha value is -3.32. The Morgan fingerprint density at radius 2 is 1.82 bits per heavy atom. The second kappa shape index (κ2) is 9.14. The molecule has 1 amide bonds. The van der Waals surface area contributed by atoms with Crippen molar-refractivity contribution in [3.05, 3.63) is 65.4 Å². The molecule has 0 spiro atoms. The summed E-state index contributed by atoms with van der Waals surface area (Å²) in [6.45, 7) is 0.573. The number of fused-ring (bicyclic) bond motifs is 2. The molecule has 178 valence electrons. The van der Waals surface area contributed by atoms with Gasteiger partial charge in [0.25, 0.3) is 5.91 Å². The van der Waals surface area contributed by atoms with Gasteiger partial charge in [-0.15, -0.1) is 0 Å². The van der Waals surface area contributed by atoms with Crippen LogP contribution in [0.2, 0.25) is 0 Å². The maximum Gasteiger partial charge on any atom is 0.268 e. The minimum atomic E-state index is -0.163. The van der Waals surface area contributed by atoms with Crippen LogP contribution >= 0.6 is 0 Å². The van der Waals surface area contributed by atoms with E-state index in [2.05, 4.69) is 51.2 Å². The molecule has 0 saturated heterocycles. The SMILES string of the molecule is CN1c2c(cc(C(=O)NC3CCC(N)CC3)n2Cc2cccc3ccccc23)CCC1C(=N)N. The quantitative estimate of drug-likeness (QED) is 0.347. The van der Waals surface area contributed by atoms with Gasteiger partial charge in [0.1, 0.15) is 17.3 Å². The van der Waals surface area contributed by atoms with Crippen LogP contribution in [0.15, 0.2) is 48.5 Å². The average molecular weight is 459 g/mol. The molecule has 3 aromatic rings. The first-order valence-electron chi connectivity index (χ1n) is 12.2. The van der Waals surface area contributed by atoms with Gasteiger partial charge in [-0.25, -0.2) is 0 Å². The van der Waals surface area contributed by atoms with E-state index in [1.54, 1.807) is 0 Å². The Labute approximate surface area is 200 Å². The number of nitrogens with zero attached hydrogens (tertiary/aromatic N) is 2. The Bertz CT molecular complexity index is 1220. The summed E-state index contributed by atoms with van der Waals surface area (Å²) in [4.78, 5) is 15.6. The monoisotopic (exact) mass is 458 g/mol. The van der Waals surface area contributed by atoms with Crippen molar-refractivity contribution < 1.29 is 4.79 Å². The fourth-order valence-corrected chi connectivity index (χ4v) is 5.67. The zero-order valence-electron chi connectivity index (χ0n) is 19.8. The number of nitrogens with two attached hydrogens (primary N) is 2. The molecule has 1 unspecified atom stereocenters. The van der Waals surface area contributed by atoms with Crippen molar-refractivity contribution in [2.75, 3.05) is 11.9 Å². The van der Waals surface area contributed by atoms with E-state index in [0.717, 1.165) is 55.5 Å². The Balaban J connectivity index is 1.54. The number of rotatable bonds is 5. The molecule has 34 heavy (non-hydrogen) atoms. The van der Waals surface area contributed by atoms with Crippen LogP contribution in [0.3, 0.4) is 0 Å². The summed E-state index contributed by atoms with van der Waals surface area (Å²) in [5.74, 6) is 1.11. The number of carbonyl (C=O) groups excluding carboxylic acids is 1. The predicted octanol–water partition coefficient (Wildman–Crippen LogP) is 3.38. The highest BCUT2D eigenvalue weighted by Crippen LogP contribution is 2.34. The van der Waals surface area contributed by atoms with Gasteiger partial charge in [0.15, 0.2) is 0 Å².